The van der Waals surface area contributed by atoms with E-state index in [4.69, 9.17) is 11.6 Å². The molecule has 0 bridgehead atoms. The van der Waals surface area contributed by atoms with E-state index in [1.165, 1.54) is 12.1 Å². The molecule has 0 aromatic heterocycles. The number of halogens is 4. The molecule has 106 valence electrons. The second kappa shape index (κ2) is 6.29. The van der Waals surface area contributed by atoms with Crippen LogP contribution in [-0.2, 0) is 6.54 Å². The fourth-order valence-corrected chi connectivity index (χ4v) is 2.24. The van der Waals surface area contributed by atoms with Crippen molar-refractivity contribution in [2.75, 3.05) is 0 Å². The average molecular weight is 300 g/mol. The van der Waals surface area contributed by atoms with Gasteiger partial charge < -0.3 is 5.32 Å². The van der Waals surface area contributed by atoms with Crippen LogP contribution in [0.2, 0.25) is 5.02 Å². The lowest BCUT2D eigenvalue weighted by molar-refractivity contribution is 0.534. The molecule has 0 radical (unpaired) electrons. The lowest BCUT2D eigenvalue weighted by Crippen LogP contribution is -2.19. The first-order chi connectivity index (χ1) is 9.47. The quantitative estimate of drug-likeness (QED) is 0.869. The normalized spacial score (nSPS) is 12.4. The topological polar surface area (TPSA) is 12.0 Å². The van der Waals surface area contributed by atoms with Crippen LogP contribution in [0.5, 0.6) is 0 Å². The standard InChI is InChI=1S/C15H13ClF3N/c1-9(13-4-2-12(18)7-14(13)16)20-8-10-6-11(17)3-5-15(10)19/h2-7,9,20H,8H2,1H3. The molecule has 0 heterocycles. The molecule has 1 atom stereocenters. The lowest BCUT2D eigenvalue weighted by Gasteiger charge is -2.16. The minimum Gasteiger partial charge on any atom is -0.306 e. The molecule has 2 rings (SSSR count). The summed E-state index contributed by atoms with van der Waals surface area (Å²) in [7, 11) is 0. The van der Waals surface area contributed by atoms with Crippen molar-refractivity contribution < 1.29 is 13.2 Å². The molecule has 2 aromatic rings. The van der Waals surface area contributed by atoms with Crippen LogP contribution in [0, 0.1) is 17.5 Å². The van der Waals surface area contributed by atoms with Gasteiger partial charge in [0.05, 0.1) is 0 Å². The van der Waals surface area contributed by atoms with Crippen molar-refractivity contribution in [3.8, 4) is 0 Å². The van der Waals surface area contributed by atoms with Crippen molar-refractivity contribution in [1.29, 1.82) is 0 Å². The maximum Gasteiger partial charge on any atom is 0.127 e. The Bertz CT molecular complexity index is 616. The number of rotatable bonds is 4. The first kappa shape index (κ1) is 14.9. The maximum absolute atomic E-state index is 13.5. The molecular weight excluding hydrogens is 287 g/mol. The van der Waals surface area contributed by atoms with Crippen molar-refractivity contribution in [1.82, 2.24) is 5.32 Å². The number of nitrogens with one attached hydrogen (secondary N) is 1. The second-order valence-electron chi connectivity index (χ2n) is 4.50. The van der Waals surface area contributed by atoms with Crippen molar-refractivity contribution in [3.05, 3.63) is 70.0 Å². The molecule has 1 N–H and O–H groups in total. The van der Waals surface area contributed by atoms with Crippen LogP contribution in [0.1, 0.15) is 24.1 Å². The third-order valence-electron chi connectivity index (χ3n) is 3.04. The van der Waals surface area contributed by atoms with Gasteiger partial charge >= 0.3 is 0 Å². The molecule has 0 saturated heterocycles. The van der Waals surface area contributed by atoms with Gasteiger partial charge in [0, 0.05) is 23.2 Å². The molecule has 5 heteroatoms. The van der Waals surface area contributed by atoms with Crippen LogP contribution in [0.4, 0.5) is 13.2 Å². The van der Waals surface area contributed by atoms with E-state index in [-0.39, 0.29) is 18.2 Å². The molecule has 0 saturated carbocycles. The molecule has 1 nitrogen and oxygen atoms in total. The Morgan fingerprint density at radius 1 is 1.05 bits per heavy atom. The third kappa shape index (κ3) is 3.52. The Morgan fingerprint density at radius 2 is 1.70 bits per heavy atom. The van der Waals surface area contributed by atoms with Gasteiger partial charge in [-0.1, -0.05) is 17.7 Å². The summed E-state index contributed by atoms with van der Waals surface area (Å²) in [6, 6.07) is 7.17. The molecule has 2 aromatic carbocycles. The zero-order chi connectivity index (χ0) is 14.7. The highest BCUT2D eigenvalue weighted by molar-refractivity contribution is 6.31. The van der Waals surface area contributed by atoms with E-state index in [1.807, 2.05) is 6.92 Å². The first-order valence-corrected chi connectivity index (χ1v) is 6.47. The second-order valence-corrected chi connectivity index (χ2v) is 4.91. The molecular formula is C15H13ClF3N. The highest BCUT2D eigenvalue weighted by Gasteiger charge is 2.11. The van der Waals surface area contributed by atoms with E-state index in [0.717, 1.165) is 18.2 Å². The van der Waals surface area contributed by atoms with E-state index in [1.54, 1.807) is 6.07 Å². The van der Waals surface area contributed by atoms with Gasteiger partial charge in [-0.3, -0.25) is 0 Å². The molecule has 1 unspecified atom stereocenters. The average Bonchev–Trinajstić information content (AvgIpc) is 2.39. The Balaban J connectivity index is 2.08. The number of hydrogen-bond donors (Lipinski definition) is 1. The molecule has 0 aliphatic rings. The fraction of sp³-hybridized carbons (Fsp3) is 0.200. The predicted octanol–water partition coefficient (Wildman–Crippen LogP) is 4.61. The Hall–Kier alpha value is -1.52. The summed E-state index contributed by atoms with van der Waals surface area (Å²) in [6.45, 7) is 1.97. The van der Waals surface area contributed by atoms with E-state index >= 15 is 0 Å². The van der Waals surface area contributed by atoms with Crippen LogP contribution in [0.25, 0.3) is 0 Å². The summed E-state index contributed by atoms with van der Waals surface area (Å²) in [6.07, 6.45) is 0. The lowest BCUT2D eigenvalue weighted by atomic mass is 10.1. The highest BCUT2D eigenvalue weighted by atomic mass is 35.5. The third-order valence-corrected chi connectivity index (χ3v) is 3.36. The smallest absolute Gasteiger partial charge is 0.127 e. The van der Waals surface area contributed by atoms with Gasteiger partial charge in [0.25, 0.3) is 0 Å². The van der Waals surface area contributed by atoms with Gasteiger partial charge in [-0.05, 0) is 42.8 Å². The summed E-state index contributed by atoms with van der Waals surface area (Å²) >= 11 is 5.95. The molecule has 0 amide bonds. The van der Waals surface area contributed by atoms with E-state index in [9.17, 15) is 13.2 Å². The van der Waals surface area contributed by atoms with Crippen molar-refractivity contribution in [2.45, 2.75) is 19.5 Å². The maximum atomic E-state index is 13.5. The molecule has 0 spiro atoms. The van der Waals surface area contributed by atoms with Gasteiger partial charge in [-0.25, -0.2) is 13.2 Å². The Morgan fingerprint density at radius 3 is 2.40 bits per heavy atom. The summed E-state index contributed by atoms with van der Waals surface area (Å²) in [5.74, 6) is -1.38. The highest BCUT2D eigenvalue weighted by Crippen LogP contribution is 2.24. The van der Waals surface area contributed by atoms with Crippen LogP contribution in [0.15, 0.2) is 36.4 Å². The summed E-state index contributed by atoms with van der Waals surface area (Å²) in [5.41, 5.74) is 0.931. The molecule has 0 fully saturated rings. The number of hydrogen-bond acceptors (Lipinski definition) is 1. The SMILES string of the molecule is CC(NCc1cc(F)ccc1F)c1ccc(F)cc1Cl. The summed E-state index contributed by atoms with van der Waals surface area (Å²) in [5, 5.41) is 3.33. The summed E-state index contributed by atoms with van der Waals surface area (Å²) < 4.78 is 39.5. The fourth-order valence-electron chi connectivity index (χ4n) is 1.90. The van der Waals surface area contributed by atoms with Crippen molar-refractivity contribution in [3.63, 3.8) is 0 Å². The molecule has 0 aliphatic carbocycles. The van der Waals surface area contributed by atoms with E-state index in [0.29, 0.717) is 10.6 Å². The largest absolute Gasteiger partial charge is 0.306 e. The van der Waals surface area contributed by atoms with E-state index < -0.39 is 17.5 Å². The van der Waals surface area contributed by atoms with Crippen LogP contribution < -0.4 is 5.32 Å². The minimum atomic E-state index is -0.490. The minimum absolute atomic E-state index is 0.151. The van der Waals surface area contributed by atoms with Gasteiger partial charge in [0.2, 0.25) is 0 Å². The Kier molecular flexibility index (Phi) is 4.68. The van der Waals surface area contributed by atoms with Gasteiger partial charge in [0.15, 0.2) is 0 Å². The molecule has 20 heavy (non-hydrogen) atoms. The predicted molar refractivity (Wildman–Crippen MR) is 73.0 cm³/mol. The van der Waals surface area contributed by atoms with Crippen molar-refractivity contribution >= 4 is 11.6 Å². The van der Waals surface area contributed by atoms with E-state index in [2.05, 4.69) is 5.32 Å². The first-order valence-electron chi connectivity index (χ1n) is 6.09. The summed E-state index contributed by atoms with van der Waals surface area (Å²) in [4.78, 5) is 0. The van der Waals surface area contributed by atoms with Crippen LogP contribution in [-0.4, -0.2) is 0 Å². The van der Waals surface area contributed by atoms with Gasteiger partial charge in [0.1, 0.15) is 17.5 Å². The molecule has 0 aliphatic heterocycles. The zero-order valence-electron chi connectivity index (χ0n) is 10.8. The van der Waals surface area contributed by atoms with Gasteiger partial charge in [-0.15, -0.1) is 0 Å². The van der Waals surface area contributed by atoms with Crippen molar-refractivity contribution in [2.24, 2.45) is 0 Å². The van der Waals surface area contributed by atoms with Crippen LogP contribution >= 0.6 is 11.6 Å². The monoisotopic (exact) mass is 299 g/mol. The Labute approximate surface area is 120 Å². The zero-order valence-corrected chi connectivity index (χ0v) is 11.5. The van der Waals surface area contributed by atoms with Crippen LogP contribution in [0.3, 0.4) is 0 Å². The van der Waals surface area contributed by atoms with Gasteiger partial charge in [-0.2, -0.15) is 0 Å². The number of benzene rings is 2.